The number of rotatable bonds is 6. The molecule has 0 unspecified atom stereocenters. The number of aryl methyl sites for hydroxylation is 1. The van der Waals surface area contributed by atoms with E-state index in [9.17, 15) is 5.11 Å². The molecule has 1 aromatic rings. The van der Waals surface area contributed by atoms with Crippen LogP contribution in [0.1, 0.15) is 31.9 Å². The number of benzene rings is 1. The van der Waals surface area contributed by atoms with Gasteiger partial charge in [-0.3, -0.25) is 4.90 Å². The fourth-order valence-corrected chi connectivity index (χ4v) is 2.03. The average Bonchev–Trinajstić information content (AvgIpc) is 2.32. The summed E-state index contributed by atoms with van der Waals surface area (Å²) in [5.41, 5.74) is 8.06. The molecule has 0 radical (unpaired) electrons. The Labute approximate surface area is 111 Å². The van der Waals surface area contributed by atoms with Crippen molar-refractivity contribution in [1.29, 1.82) is 0 Å². The molecule has 0 aliphatic heterocycles. The lowest BCUT2D eigenvalue weighted by molar-refractivity contribution is 0.182. The normalized spacial score (nSPS) is 12.1. The van der Waals surface area contributed by atoms with Gasteiger partial charge in [-0.15, -0.1) is 0 Å². The summed E-state index contributed by atoms with van der Waals surface area (Å²) in [6.07, 6.45) is 0. The molecule has 102 valence electrons. The SMILES string of the molecule is CCN(Cc1cc(C)ccc1O)CC(C)(C)CN. The van der Waals surface area contributed by atoms with Gasteiger partial charge in [0, 0.05) is 18.7 Å². The van der Waals surface area contributed by atoms with E-state index in [0.29, 0.717) is 12.3 Å². The minimum atomic E-state index is 0.107. The van der Waals surface area contributed by atoms with Crippen LogP contribution in [0.15, 0.2) is 18.2 Å². The highest BCUT2D eigenvalue weighted by atomic mass is 16.3. The van der Waals surface area contributed by atoms with E-state index in [1.807, 2.05) is 19.1 Å². The molecule has 0 aromatic heterocycles. The Morgan fingerprint density at radius 3 is 2.56 bits per heavy atom. The highest BCUT2D eigenvalue weighted by molar-refractivity contribution is 5.35. The van der Waals surface area contributed by atoms with Crippen molar-refractivity contribution in [2.45, 2.75) is 34.2 Å². The first-order valence-electron chi connectivity index (χ1n) is 6.59. The second-order valence-electron chi connectivity index (χ2n) is 5.80. The van der Waals surface area contributed by atoms with Crippen molar-refractivity contribution in [2.75, 3.05) is 19.6 Å². The summed E-state index contributed by atoms with van der Waals surface area (Å²) in [5, 5.41) is 9.88. The van der Waals surface area contributed by atoms with Crippen LogP contribution in [-0.4, -0.2) is 29.6 Å². The van der Waals surface area contributed by atoms with Crippen LogP contribution in [0.5, 0.6) is 5.75 Å². The van der Waals surface area contributed by atoms with Gasteiger partial charge in [-0.05, 0) is 31.5 Å². The van der Waals surface area contributed by atoms with Gasteiger partial charge >= 0.3 is 0 Å². The number of aromatic hydroxyl groups is 1. The summed E-state index contributed by atoms with van der Waals surface area (Å²) in [4.78, 5) is 2.32. The van der Waals surface area contributed by atoms with Crippen LogP contribution in [0.2, 0.25) is 0 Å². The Morgan fingerprint density at radius 1 is 1.33 bits per heavy atom. The topological polar surface area (TPSA) is 49.5 Å². The van der Waals surface area contributed by atoms with E-state index in [2.05, 4.69) is 25.7 Å². The Kier molecular flexibility index (Phi) is 5.17. The van der Waals surface area contributed by atoms with Crippen molar-refractivity contribution in [3.63, 3.8) is 0 Å². The summed E-state index contributed by atoms with van der Waals surface area (Å²) in [6, 6.07) is 5.75. The molecule has 0 bridgehead atoms. The maximum atomic E-state index is 9.88. The van der Waals surface area contributed by atoms with Crippen LogP contribution in [0, 0.1) is 12.3 Å². The van der Waals surface area contributed by atoms with Crippen molar-refractivity contribution in [3.8, 4) is 5.75 Å². The first-order chi connectivity index (χ1) is 8.38. The molecule has 3 heteroatoms. The Hall–Kier alpha value is -1.06. The van der Waals surface area contributed by atoms with Crippen LogP contribution in [0.25, 0.3) is 0 Å². The zero-order valence-corrected chi connectivity index (χ0v) is 12.0. The van der Waals surface area contributed by atoms with Gasteiger partial charge < -0.3 is 10.8 Å². The van der Waals surface area contributed by atoms with Crippen molar-refractivity contribution in [3.05, 3.63) is 29.3 Å². The lowest BCUT2D eigenvalue weighted by atomic mass is 9.93. The van der Waals surface area contributed by atoms with E-state index in [1.54, 1.807) is 6.07 Å². The predicted octanol–water partition coefficient (Wildman–Crippen LogP) is 2.51. The monoisotopic (exact) mass is 250 g/mol. The minimum absolute atomic E-state index is 0.107. The molecule has 0 atom stereocenters. The Morgan fingerprint density at radius 2 is 2.00 bits per heavy atom. The van der Waals surface area contributed by atoms with Gasteiger partial charge in [0.2, 0.25) is 0 Å². The quantitative estimate of drug-likeness (QED) is 0.815. The summed E-state index contributed by atoms with van der Waals surface area (Å²) < 4.78 is 0. The maximum absolute atomic E-state index is 9.88. The molecule has 0 fully saturated rings. The number of nitrogens with zero attached hydrogens (tertiary/aromatic N) is 1. The number of hydrogen-bond donors (Lipinski definition) is 2. The summed E-state index contributed by atoms with van der Waals surface area (Å²) in [6.45, 7) is 11.9. The first-order valence-corrected chi connectivity index (χ1v) is 6.59. The van der Waals surface area contributed by atoms with Crippen LogP contribution >= 0.6 is 0 Å². The van der Waals surface area contributed by atoms with Gasteiger partial charge in [0.05, 0.1) is 0 Å². The lowest BCUT2D eigenvalue weighted by Gasteiger charge is -2.31. The highest BCUT2D eigenvalue weighted by Crippen LogP contribution is 2.22. The summed E-state index contributed by atoms with van der Waals surface area (Å²) in [7, 11) is 0. The third-order valence-electron chi connectivity index (χ3n) is 3.28. The fraction of sp³-hybridized carbons (Fsp3) is 0.600. The molecule has 0 spiro atoms. The van der Waals surface area contributed by atoms with E-state index < -0.39 is 0 Å². The van der Waals surface area contributed by atoms with Crippen LogP contribution < -0.4 is 5.73 Å². The molecule has 1 rings (SSSR count). The molecule has 0 amide bonds. The van der Waals surface area contributed by atoms with Gasteiger partial charge in [0.25, 0.3) is 0 Å². The largest absolute Gasteiger partial charge is 0.508 e. The highest BCUT2D eigenvalue weighted by Gasteiger charge is 2.20. The summed E-state index contributed by atoms with van der Waals surface area (Å²) in [5.74, 6) is 0.379. The number of phenolic OH excluding ortho intramolecular Hbond substituents is 1. The van der Waals surface area contributed by atoms with E-state index in [0.717, 1.165) is 25.2 Å². The fourth-order valence-electron chi connectivity index (χ4n) is 2.03. The molecule has 3 N–H and O–H groups in total. The molecular weight excluding hydrogens is 224 g/mol. The second kappa shape index (κ2) is 6.21. The van der Waals surface area contributed by atoms with Crippen LogP contribution in [-0.2, 0) is 6.54 Å². The van der Waals surface area contributed by atoms with Gasteiger partial charge in [-0.25, -0.2) is 0 Å². The van der Waals surface area contributed by atoms with Crippen molar-refractivity contribution in [1.82, 2.24) is 4.90 Å². The standard InChI is InChI=1S/C15H26N2O/c1-5-17(11-15(3,4)10-16)9-13-8-12(2)6-7-14(13)18/h6-8,18H,5,9-11,16H2,1-4H3. The van der Waals surface area contributed by atoms with Gasteiger partial charge in [0.1, 0.15) is 5.75 Å². The molecule has 0 saturated heterocycles. The van der Waals surface area contributed by atoms with E-state index in [-0.39, 0.29) is 5.41 Å². The zero-order valence-electron chi connectivity index (χ0n) is 12.0. The van der Waals surface area contributed by atoms with Crippen molar-refractivity contribution in [2.24, 2.45) is 11.1 Å². The molecule has 3 nitrogen and oxygen atoms in total. The average molecular weight is 250 g/mol. The van der Waals surface area contributed by atoms with E-state index in [1.165, 1.54) is 5.56 Å². The van der Waals surface area contributed by atoms with Crippen LogP contribution in [0.3, 0.4) is 0 Å². The van der Waals surface area contributed by atoms with Gasteiger partial charge in [0.15, 0.2) is 0 Å². The molecule has 0 heterocycles. The van der Waals surface area contributed by atoms with Crippen LogP contribution in [0.4, 0.5) is 0 Å². The minimum Gasteiger partial charge on any atom is -0.508 e. The summed E-state index contributed by atoms with van der Waals surface area (Å²) >= 11 is 0. The Balaban J connectivity index is 2.77. The lowest BCUT2D eigenvalue weighted by Crippen LogP contribution is -2.38. The molecule has 18 heavy (non-hydrogen) atoms. The smallest absolute Gasteiger partial charge is 0.120 e. The van der Waals surface area contributed by atoms with Gasteiger partial charge in [-0.1, -0.05) is 38.5 Å². The molecule has 0 aliphatic carbocycles. The van der Waals surface area contributed by atoms with Crippen molar-refractivity contribution < 1.29 is 5.11 Å². The predicted molar refractivity (Wildman–Crippen MR) is 76.6 cm³/mol. The third kappa shape index (κ3) is 4.31. The number of nitrogens with two attached hydrogens (primary N) is 1. The Bertz CT molecular complexity index is 388. The van der Waals surface area contributed by atoms with E-state index in [4.69, 9.17) is 5.73 Å². The zero-order chi connectivity index (χ0) is 13.8. The van der Waals surface area contributed by atoms with Crippen molar-refractivity contribution >= 4 is 0 Å². The third-order valence-corrected chi connectivity index (χ3v) is 3.28. The van der Waals surface area contributed by atoms with E-state index >= 15 is 0 Å². The number of hydrogen-bond acceptors (Lipinski definition) is 3. The number of phenols is 1. The first kappa shape index (κ1) is 15.0. The molecule has 1 aromatic carbocycles. The molecular formula is C15H26N2O. The molecule has 0 saturated carbocycles. The second-order valence-corrected chi connectivity index (χ2v) is 5.80. The maximum Gasteiger partial charge on any atom is 0.120 e. The van der Waals surface area contributed by atoms with Gasteiger partial charge in [-0.2, -0.15) is 0 Å². The molecule has 0 aliphatic rings.